The molecule has 1 aromatic carbocycles. The highest BCUT2D eigenvalue weighted by Crippen LogP contribution is 2.13. The van der Waals surface area contributed by atoms with E-state index in [9.17, 15) is 9.90 Å². The smallest absolute Gasteiger partial charge is 0.235 e. The number of rotatable bonds is 8. The lowest BCUT2D eigenvalue weighted by molar-refractivity contribution is -0.123. The van der Waals surface area contributed by atoms with E-state index in [2.05, 4.69) is 0 Å². The van der Waals surface area contributed by atoms with Gasteiger partial charge < -0.3 is 21.1 Å². The number of carbonyl (C=O) groups is 1. The maximum atomic E-state index is 11.5. The lowest BCUT2D eigenvalue weighted by atomic mass is 10.0. The Morgan fingerprint density at radius 1 is 1.16 bits per heavy atom. The van der Waals surface area contributed by atoms with Crippen LogP contribution in [0.5, 0.6) is 5.75 Å². The maximum Gasteiger partial charge on any atom is 0.235 e. The molecule has 0 aliphatic rings. The molecular formula is C13H20N2O4. The molecule has 0 saturated heterocycles. The summed E-state index contributed by atoms with van der Waals surface area (Å²) in [5.41, 5.74) is 6.23. The molecule has 6 nitrogen and oxygen atoms in total. The molecule has 106 valence electrons. The highest BCUT2D eigenvalue weighted by molar-refractivity contribution is 5.80. The van der Waals surface area contributed by atoms with E-state index in [0.717, 1.165) is 5.56 Å². The molecule has 0 unspecified atom stereocenters. The SMILES string of the molecule is NC(=O)[C@@H](Cc1ccc(O)cc1)N(CCO)CCO. The molecule has 19 heavy (non-hydrogen) atoms. The third-order valence-corrected chi connectivity index (χ3v) is 2.91. The number of hydrogen-bond acceptors (Lipinski definition) is 5. The Balaban J connectivity index is 2.80. The summed E-state index contributed by atoms with van der Waals surface area (Å²) in [6.45, 7) is 0.317. The minimum Gasteiger partial charge on any atom is -0.508 e. The maximum absolute atomic E-state index is 11.5. The number of amides is 1. The van der Waals surface area contributed by atoms with Crippen LogP contribution in [0.2, 0.25) is 0 Å². The summed E-state index contributed by atoms with van der Waals surface area (Å²) in [5.74, 6) is -0.350. The summed E-state index contributed by atoms with van der Waals surface area (Å²) in [7, 11) is 0. The highest BCUT2D eigenvalue weighted by Gasteiger charge is 2.23. The predicted molar refractivity (Wildman–Crippen MR) is 70.5 cm³/mol. The van der Waals surface area contributed by atoms with Gasteiger partial charge in [0, 0.05) is 13.1 Å². The Hall–Kier alpha value is -1.63. The zero-order valence-electron chi connectivity index (χ0n) is 10.7. The van der Waals surface area contributed by atoms with Gasteiger partial charge in [-0.1, -0.05) is 12.1 Å². The molecule has 0 fully saturated rings. The van der Waals surface area contributed by atoms with Crippen LogP contribution in [0.15, 0.2) is 24.3 Å². The van der Waals surface area contributed by atoms with E-state index in [1.807, 2.05) is 0 Å². The number of nitrogens with zero attached hydrogens (tertiary/aromatic N) is 1. The number of benzene rings is 1. The number of aliphatic hydroxyl groups is 2. The van der Waals surface area contributed by atoms with Crippen molar-refractivity contribution in [1.29, 1.82) is 0 Å². The summed E-state index contributed by atoms with van der Waals surface area (Å²) < 4.78 is 0. The lowest BCUT2D eigenvalue weighted by Crippen LogP contribution is -2.48. The fraction of sp³-hybridized carbons (Fsp3) is 0.462. The third-order valence-electron chi connectivity index (χ3n) is 2.91. The van der Waals surface area contributed by atoms with Gasteiger partial charge in [0.1, 0.15) is 5.75 Å². The van der Waals surface area contributed by atoms with Gasteiger partial charge in [0.15, 0.2) is 0 Å². The summed E-state index contributed by atoms with van der Waals surface area (Å²) in [4.78, 5) is 13.2. The number of carbonyl (C=O) groups excluding carboxylic acids is 1. The Morgan fingerprint density at radius 3 is 2.11 bits per heavy atom. The van der Waals surface area contributed by atoms with Crippen molar-refractivity contribution in [2.75, 3.05) is 26.3 Å². The topological polar surface area (TPSA) is 107 Å². The van der Waals surface area contributed by atoms with E-state index in [0.29, 0.717) is 6.42 Å². The first-order valence-electron chi connectivity index (χ1n) is 6.11. The van der Waals surface area contributed by atoms with Crippen LogP contribution in [-0.2, 0) is 11.2 Å². The fourth-order valence-electron chi connectivity index (χ4n) is 1.95. The van der Waals surface area contributed by atoms with Crippen molar-refractivity contribution >= 4 is 5.91 Å². The Kier molecular flexibility index (Phi) is 6.27. The van der Waals surface area contributed by atoms with Gasteiger partial charge in [-0.2, -0.15) is 0 Å². The first kappa shape index (κ1) is 15.4. The number of phenolic OH excluding ortho intramolecular Hbond substituents is 1. The molecule has 0 spiro atoms. The number of hydrogen-bond donors (Lipinski definition) is 4. The van der Waals surface area contributed by atoms with Gasteiger partial charge in [-0.25, -0.2) is 0 Å². The van der Waals surface area contributed by atoms with Gasteiger partial charge >= 0.3 is 0 Å². The van der Waals surface area contributed by atoms with Crippen molar-refractivity contribution in [3.63, 3.8) is 0 Å². The van der Waals surface area contributed by atoms with Crippen molar-refractivity contribution in [1.82, 2.24) is 4.90 Å². The number of phenols is 1. The summed E-state index contributed by atoms with van der Waals surface area (Å²) in [5, 5.41) is 27.2. The van der Waals surface area contributed by atoms with E-state index in [1.54, 1.807) is 17.0 Å². The van der Waals surface area contributed by atoms with Crippen molar-refractivity contribution in [2.45, 2.75) is 12.5 Å². The zero-order valence-corrected chi connectivity index (χ0v) is 10.7. The minimum absolute atomic E-state index is 0.112. The van der Waals surface area contributed by atoms with Gasteiger partial charge in [0.05, 0.1) is 19.3 Å². The third kappa shape index (κ3) is 4.86. The van der Waals surface area contributed by atoms with Crippen LogP contribution in [0.1, 0.15) is 5.56 Å². The van der Waals surface area contributed by atoms with Crippen molar-refractivity contribution in [3.8, 4) is 5.75 Å². The average Bonchev–Trinajstić information content (AvgIpc) is 2.37. The Bertz CT molecular complexity index is 388. The number of nitrogens with two attached hydrogens (primary N) is 1. The standard InChI is InChI=1S/C13H20N2O4/c14-13(19)12(15(5-7-16)6-8-17)9-10-1-3-11(18)4-2-10/h1-4,12,16-18H,5-9H2,(H2,14,19)/t12-/m1/s1. The van der Waals surface area contributed by atoms with Crippen LogP contribution < -0.4 is 5.73 Å². The van der Waals surface area contributed by atoms with Gasteiger partial charge in [0.2, 0.25) is 5.91 Å². The molecule has 1 aromatic rings. The number of aliphatic hydroxyl groups excluding tert-OH is 2. The first-order valence-corrected chi connectivity index (χ1v) is 6.11. The molecule has 0 heterocycles. The second-order valence-electron chi connectivity index (χ2n) is 4.27. The summed E-state index contributed by atoms with van der Waals surface area (Å²) >= 11 is 0. The van der Waals surface area contributed by atoms with Crippen LogP contribution >= 0.6 is 0 Å². The van der Waals surface area contributed by atoms with Crippen molar-refractivity contribution < 1.29 is 20.1 Å². The normalized spacial score (nSPS) is 12.6. The van der Waals surface area contributed by atoms with E-state index < -0.39 is 11.9 Å². The fourth-order valence-corrected chi connectivity index (χ4v) is 1.95. The zero-order chi connectivity index (χ0) is 14.3. The van der Waals surface area contributed by atoms with E-state index in [-0.39, 0.29) is 32.1 Å². The Labute approximate surface area is 112 Å². The lowest BCUT2D eigenvalue weighted by Gasteiger charge is -2.28. The molecule has 0 radical (unpaired) electrons. The molecule has 0 aromatic heterocycles. The van der Waals surface area contributed by atoms with Crippen LogP contribution in [0.3, 0.4) is 0 Å². The molecule has 0 aliphatic carbocycles. The van der Waals surface area contributed by atoms with Crippen molar-refractivity contribution in [3.05, 3.63) is 29.8 Å². The Morgan fingerprint density at radius 2 is 1.68 bits per heavy atom. The van der Waals surface area contributed by atoms with Gasteiger partial charge in [0.25, 0.3) is 0 Å². The summed E-state index contributed by atoms with van der Waals surface area (Å²) in [6, 6.07) is 5.90. The van der Waals surface area contributed by atoms with E-state index in [4.69, 9.17) is 15.9 Å². The van der Waals surface area contributed by atoms with Gasteiger partial charge in [-0.3, -0.25) is 9.69 Å². The molecular weight excluding hydrogens is 248 g/mol. The molecule has 0 saturated carbocycles. The van der Waals surface area contributed by atoms with Crippen LogP contribution in [0.25, 0.3) is 0 Å². The second kappa shape index (κ2) is 7.73. The molecule has 5 N–H and O–H groups in total. The molecule has 1 amide bonds. The number of aromatic hydroxyl groups is 1. The van der Waals surface area contributed by atoms with Crippen LogP contribution in [0, 0.1) is 0 Å². The van der Waals surface area contributed by atoms with Crippen LogP contribution in [0.4, 0.5) is 0 Å². The van der Waals surface area contributed by atoms with Gasteiger partial charge in [-0.15, -0.1) is 0 Å². The summed E-state index contributed by atoms with van der Waals surface area (Å²) in [6.07, 6.45) is 0.371. The number of primary amides is 1. The monoisotopic (exact) mass is 268 g/mol. The second-order valence-corrected chi connectivity index (χ2v) is 4.27. The molecule has 0 aliphatic heterocycles. The van der Waals surface area contributed by atoms with Gasteiger partial charge in [-0.05, 0) is 24.1 Å². The van der Waals surface area contributed by atoms with E-state index >= 15 is 0 Å². The largest absolute Gasteiger partial charge is 0.508 e. The average molecular weight is 268 g/mol. The molecule has 0 bridgehead atoms. The van der Waals surface area contributed by atoms with E-state index in [1.165, 1.54) is 12.1 Å². The molecule has 6 heteroatoms. The van der Waals surface area contributed by atoms with Crippen LogP contribution in [-0.4, -0.2) is 58.5 Å². The quantitative estimate of drug-likeness (QED) is 0.487. The molecule has 1 rings (SSSR count). The molecule has 1 atom stereocenters. The first-order chi connectivity index (χ1) is 9.08. The highest BCUT2D eigenvalue weighted by atomic mass is 16.3. The van der Waals surface area contributed by atoms with Crippen molar-refractivity contribution in [2.24, 2.45) is 5.73 Å². The predicted octanol–water partition coefficient (Wildman–Crippen LogP) is -0.925. The minimum atomic E-state index is -0.594.